The number of rotatable bonds is 6. The highest BCUT2D eigenvalue weighted by Gasteiger charge is 2.22. The van der Waals surface area contributed by atoms with Crippen molar-refractivity contribution in [2.45, 2.75) is 58.3 Å². The topological polar surface area (TPSA) is 70.1 Å². The van der Waals surface area contributed by atoms with Gasteiger partial charge in [0.25, 0.3) is 0 Å². The molecule has 0 bridgehead atoms. The van der Waals surface area contributed by atoms with Gasteiger partial charge in [-0.3, -0.25) is 5.32 Å². The number of aromatic nitrogens is 2. The Labute approximate surface area is 149 Å². The Hall–Kier alpha value is -1.98. The number of nitrogens with one attached hydrogen (secondary N) is 2. The van der Waals surface area contributed by atoms with Crippen LogP contribution in [0.4, 0.5) is 5.69 Å². The minimum Gasteiger partial charge on any atom is -0.361 e. The van der Waals surface area contributed by atoms with Gasteiger partial charge in [-0.25, -0.2) is 9.97 Å². The van der Waals surface area contributed by atoms with Gasteiger partial charge in [-0.05, 0) is 32.6 Å². The number of benzene rings is 1. The van der Waals surface area contributed by atoms with Gasteiger partial charge in [-0.1, -0.05) is 49.6 Å². The molecule has 5 heteroatoms. The second-order valence-electron chi connectivity index (χ2n) is 6.95. The predicted molar refractivity (Wildman–Crippen MR) is 101 cm³/mol. The van der Waals surface area contributed by atoms with Crippen LogP contribution < -0.4 is 10.6 Å². The maximum Gasteiger partial charge on any atom is 0.181 e. The van der Waals surface area contributed by atoms with E-state index in [1.807, 2.05) is 37.3 Å². The lowest BCUT2D eigenvalue weighted by Crippen LogP contribution is -2.45. The van der Waals surface area contributed by atoms with Crippen molar-refractivity contribution in [1.29, 1.82) is 0 Å². The molecule has 1 heterocycles. The van der Waals surface area contributed by atoms with Crippen LogP contribution in [0.3, 0.4) is 0 Å². The Balaban J connectivity index is 1.69. The third-order valence-corrected chi connectivity index (χ3v) is 5.03. The predicted octanol–water partition coefficient (Wildman–Crippen LogP) is 3.70. The van der Waals surface area contributed by atoms with Crippen LogP contribution in [0.1, 0.15) is 44.9 Å². The van der Waals surface area contributed by atoms with Crippen molar-refractivity contribution in [3.05, 3.63) is 42.4 Å². The lowest BCUT2D eigenvalue weighted by atomic mass is 9.84. The van der Waals surface area contributed by atoms with Gasteiger partial charge in [0.05, 0.1) is 17.6 Å². The summed E-state index contributed by atoms with van der Waals surface area (Å²) in [5.74, 6) is 1.34. The van der Waals surface area contributed by atoms with Crippen LogP contribution in [0.25, 0.3) is 11.3 Å². The van der Waals surface area contributed by atoms with Crippen LogP contribution in [-0.4, -0.2) is 27.5 Å². The molecule has 2 unspecified atom stereocenters. The molecule has 0 spiro atoms. The molecule has 2 aromatic rings. The fourth-order valence-corrected chi connectivity index (χ4v) is 3.60. The van der Waals surface area contributed by atoms with Gasteiger partial charge in [0.1, 0.15) is 5.82 Å². The van der Waals surface area contributed by atoms with Crippen LogP contribution >= 0.6 is 0 Å². The third kappa shape index (κ3) is 4.77. The number of aliphatic hydroxyl groups is 1. The largest absolute Gasteiger partial charge is 0.361 e. The average Bonchev–Trinajstić information content (AvgIpc) is 2.64. The molecule has 1 aromatic heterocycles. The molecule has 1 saturated carbocycles. The highest BCUT2D eigenvalue weighted by atomic mass is 16.3. The Morgan fingerprint density at radius 3 is 2.56 bits per heavy atom. The van der Waals surface area contributed by atoms with Crippen molar-refractivity contribution in [1.82, 2.24) is 15.3 Å². The zero-order valence-corrected chi connectivity index (χ0v) is 15.1. The highest BCUT2D eigenvalue weighted by molar-refractivity contribution is 5.73. The quantitative estimate of drug-likeness (QED) is 0.700. The van der Waals surface area contributed by atoms with E-state index in [2.05, 4.69) is 27.5 Å². The number of hydrogen-bond donors (Lipinski definition) is 3. The molecule has 1 aliphatic rings. The van der Waals surface area contributed by atoms with Crippen LogP contribution in [0, 0.1) is 12.8 Å². The van der Waals surface area contributed by atoms with Gasteiger partial charge in [-0.2, -0.15) is 0 Å². The van der Waals surface area contributed by atoms with Crippen molar-refractivity contribution in [2.24, 2.45) is 5.92 Å². The molecule has 3 rings (SSSR count). The van der Waals surface area contributed by atoms with Crippen molar-refractivity contribution in [3.8, 4) is 11.3 Å². The molecule has 0 saturated heterocycles. The zero-order valence-electron chi connectivity index (χ0n) is 15.1. The van der Waals surface area contributed by atoms with Gasteiger partial charge in [0, 0.05) is 11.6 Å². The summed E-state index contributed by atoms with van der Waals surface area (Å²) >= 11 is 0. The molecule has 5 nitrogen and oxygen atoms in total. The minimum atomic E-state index is -0.828. The van der Waals surface area contributed by atoms with E-state index in [-0.39, 0.29) is 6.04 Å². The Kier molecular flexibility index (Phi) is 6.00. The van der Waals surface area contributed by atoms with Gasteiger partial charge in [0.2, 0.25) is 0 Å². The molecule has 3 N–H and O–H groups in total. The van der Waals surface area contributed by atoms with Gasteiger partial charge >= 0.3 is 0 Å². The maximum atomic E-state index is 10.5. The summed E-state index contributed by atoms with van der Waals surface area (Å²) in [6, 6.07) is 10.2. The number of nitrogens with zero attached hydrogens (tertiary/aromatic N) is 2. The van der Waals surface area contributed by atoms with Crippen molar-refractivity contribution in [2.75, 3.05) is 5.32 Å². The lowest BCUT2D eigenvalue weighted by molar-refractivity contribution is 0.129. The second-order valence-corrected chi connectivity index (χ2v) is 6.95. The molecule has 1 fully saturated rings. The first-order chi connectivity index (χ1) is 12.1. The van der Waals surface area contributed by atoms with Gasteiger partial charge in [-0.15, -0.1) is 0 Å². The molecular formula is C20H28N4O. The number of anilines is 1. The normalized spacial score (nSPS) is 17.9. The van der Waals surface area contributed by atoms with Gasteiger partial charge < -0.3 is 10.4 Å². The van der Waals surface area contributed by atoms with Crippen molar-refractivity contribution >= 4 is 5.69 Å². The van der Waals surface area contributed by atoms with Crippen LogP contribution in [0.2, 0.25) is 0 Å². The Morgan fingerprint density at radius 1 is 1.12 bits per heavy atom. The first-order valence-corrected chi connectivity index (χ1v) is 9.23. The second kappa shape index (κ2) is 8.41. The number of aliphatic hydroxyl groups excluding tert-OH is 1. The van der Waals surface area contributed by atoms with Crippen LogP contribution in [0.15, 0.2) is 36.5 Å². The molecule has 0 aliphatic heterocycles. The van der Waals surface area contributed by atoms with E-state index in [0.717, 1.165) is 16.9 Å². The van der Waals surface area contributed by atoms with E-state index in [1.165, 1.54) is 32.1 Å². The standard InChI is InChI=1S/C20H28N4O/c1-14(16-9-5-3-6-10-16)22-20(25)24-18-13-21-15(2)23-19(18)17-11-7-4-8-12-17/h4,7-8,11-14,16,20,22,24-25H,3,5-6,9-10H2,1-2H3. The molecular weight excluding hydrogens is 312 g/mol. The maximum absolute atomic E-state index is 10.5. The summed E-state index contributed by atoms with van der Waals surface area (Å²) in [6.45, 7) is 4.03. The van der Waals surface area contributed by atoms with Crippen LogP contribution in [0.5, 0.6) is 0 Å². The van der Waals surface area contributed by atoms with Crippen LogP contribution in [-0.2, 0) is 0 Å². The van der Waals surface area contributed by atoms with E-state index in [4.69, 9.17) is 0 Å². The summed E-state index contributed by atoms with van der Waals surface area (Å²) in [4.78, 5) is 8.83. The first kappa shape index (κ1) is 17.8. The van der Waals surface area contributed by atoms with E-state index >= 15 is 0 Å². The molecule has 134 valence electrons. The monoisotopic (exact) mass is 340 g/mol. The number of aryl methyl sites for hydroxylation is 1. The zero-order chi connectivity index (χ0) is 17.6. The summed E-state index contributed by atoms with van der Waals surface area (Å²) in [6.07, 6.45) is 7.32. The van der Waals surface area contributed by atoms with Gasteiger partial charge in [0.15, 0.2) is 6.35 Å². The van der Waals surface area contributed by atoms with E-state index in [1.54, 1.807) is 6.20 Å². The van der Waals surface area contributed by atoms with E-state index in [0.29, 0.717) is 11.7 Å². The molecule has 1 aromatic carbocycles. The summed E-state index contributed by atoms with van der Waals surface area (Å²) in [5.41, 5.74) is 2.54. The SMILES string of the molecule is Cc1ncc(NC(O)NC(C)C2CCCCC2)c(-c2ccccc2)n1. The molecule has 1 aliphatic carbocycles. The van der Waals surface area contributed by atoms with E-state index < -0.39 is 6.35 Å². The van der Waals surface area contributed by atoms with E-state index in [9.17, 15) is 5.11 Å². The van der Waals surface area contributed by atoms with Crippen molar-refractivity contribution in [3.63, 3.8) is 0 Å². The number of hydrogen-bond acceptors (Lipinski definition) is 5. The Morgan fingerprint density at radius 2 is 1.84 bits per heavy atom. The molecule has 0 radical (unpaired) electrons. The Bertz CT molecular complexity index is 671. The fourth-order valence-electron chi connectivity index (χ4n) is 3.60. The minimum absolute atomic E-state index is 0.273. The third-order valence-electron chi connectivity index (χ3n) is 5.03. The summed E-state index contributed by atoms with van der Waals surface area (Å²) in [5, 5.41) is 16.9. The average molecular weight is 340 g/mol. The lowest BCUT2D eigenvalue weighted by Gasteiger charge is -2.30. The molecule has 2 atom stereocenters. The smallest absolute Gasteiger partial charge is 0.181 e. The molecule has 25 heavy (non-hydrogen) atoms. The van der Waals surface area contributed by atoms with Crippen molar-refractivity contribution < 1.29 is 5.11 Å². The summed E-state index contributed by atoms with van der Waals surface area (Å²) in [7, 11) is 0. The molecule has 0 amide bonds. The fraction of sp³-hybridized carbons (Fsp3) is 0.500. The first-order valence-electron chi connectivity index (χ1n) is 9.23. The summed E-state index contributed by atoms with van der Waals surface area (Å²) < 4.78 is 0. The highest BCUT2D eigenvalue weighted by Crippen LogP contribution is 2.27.